The number of anilines is 1. The molecular formula is C13H19N5O. The number of aryl methyl sites for hydroxylation is 1. The second-order valence-corrected chi connectivity index (χ2v) is 5.03. The van der Waals surface area contributed by atoms with Gasteiger partial charge in [0.25, 0.3) is 5.78 Å². The Hall–Kier alpha value is -1.69. The Kier molecular flexibility index (Phi) is 3.33. The van der Waals surface area contributed by atoms with Crippen LogP contribution in [0.1, 0.15) is 25.0 Å². The van der Waals surface area contributed by atoms with Crippen LogP contribution in [0.4, 0.5) is 5.82 Å². The standard InChI is InChI=1S/C13H19N5O/c1-10-7-12(18-13(16-10)14-9-15-18)17-6-4-3-5-11(17)8-19-2/h7,9,11H,3-6,8H2,1-2H3. The molecule has 2 aromatic rings. The average Bonchev–Trinajstić information content (AvgIpc) is 2.87. The van der Waals surface area contributed by atoms with Gasteiger partial charge < -0.3 is 9.64 Å². The molecule has 6 nitrogen and oxygen atoms in total. The van der Waals surface area contributed by atoms with Gasteiger partial charge in [-0.25, -0.2) is 4.98 Å². The van der Waals surface area contributed by atoms with Crippen molar-refractivity contribution in [3.8, 4) is 0 Å². The predicted octanol–water partition coefficient (Wildman–Crippen LogP) is 1.44. The van der Waals surface area contributed by atoms with Crippen molar-refractivity contribution in [3.05, 3.63) is 18.1 Å². The third kappa shape index (κ3) is 2.28. The highest BCUT2D eigenvalue weighted by Crippen LogP contribution is 2.25. The number of rotatable bonds is 3. The summed E-state index contributed by atoms with van der Waals surface area (Å²) < 4.78 is 7.17. The number of ether oxygens (including phenoxy) is 1. The van der Waals surface area contributed by atoms with Gasteiger partial charge in [-0.1, -0.05) is 0 Å². The molecule has 1 saturated heterocycles. The maximum Gasteiger partial charge on any atom is 0.254 e. The molecule has 1 atom stereocenters. The Morgan fingerprint density at radius 3 is 3.16 bits per heavy atom. The van der Waals surface area contributed by atoms with Crippen molar-refractivity contribution in [3.63, 3.8) is 0 Å². The Morgan fingerprint density at radius 1 is 1.42 bits per heavy atom. The van der Waals surface area contributed by atoms with E-state index in [-0.39, 0.29) is 0 Å². The molecule has 0 aliphatic carbocycles. The first-order valence-electron chi connectivity index (χ1n) is 6.72. The molecule has 0 bridgehead atoms. The summed E-state index contributed by atoms with van der Waals surface area (Å²) in [5.41, 5.74) is 0.970. The summed E-state index contributed by atoms with van der Waals surface area (Å²) in [5.74, 6) is 1.73. The maximum atomic E-state index is 5.35. The normalized spacial score (nSPS) is 20.1. The quantitative estimate of drug-likeness (QED) is 0.836. The third-order valence-corrected chi connectivity index (χ3v) is 3.64. The SMILES string of the molecule is COCC1CCCCN1c1cc(C)nc2ncnn12. The van der Waals surface area contributed by atoms with Gasteiger partial charge in [0.1, 0.15) is 12.1 Å². The molecule has 1 aliphatic rings. The lowest BCUT2D eigenvalue weighted by molar-refractivity contribution is 0.166. The van der Waals surface area contributed by atoms with Crippen LogP contribution in [0.15, 0.2) is 12.4 Å². The molecule has 3 rings (SSSR count). The highest BCUT2D eigenvalue weighted by molar-refractivity contribution is 5.48. The largest absolute Gasteiger partial charge is 0.383 e. The Balaban J connectivity index is 2.03. The fourth-order valence-electron chi connectivity index (χ4n) is 2.78. The zero-order valence-electron chi connectivity index (χ0n) is 11.4. The zero-order valence-corrected chi connectivity index (χ0v) is 11.4. The molecule has 0 aromatic carbocycles. The van der Waals surface area contributed by atoms with E-state index in [0.29, 0.717) is 11.8 Å². The molecule has 0 N–H and O–H groups in total. The molecule has 3 heterocycles. The smallest absolute Gasteiger partial charge is 0.254 e. The van der Waals surface area contributed by atoms with Crippen molar-refractivity contribution >= 4 is 11.6 Å². The van der Waals surface area contributed by atoms with Crippen LogP contribution >= 0.6 is 0 Å². The number of hydrogen-bond donors (Lipinski definition) is 0. The van der Waals surface area contributed by atoms with Gasteiger partial charge in [0.2, 0.25) is 0 Å². The molecule has 0 radical (unpaired) electrons. The molecule has 0 spiro atoms. The number of fused-ring (bicyclic) bond motifs is 1. The summed E-state index contributed by atoms with van der Waals surface area (Å²) in [6, 6.07) is 2.49. The molecule has 1 unspecified atom stereocenters. The molecule has 0 amide bonds. The number of piperidine rings is 1. The van der Waals surface area contributed by atoms with Crippen LogP contribution in [-0.4, -0.2) is 45.9 Å². The zero-order chi connectivity index (χ0) is 13.2. The lowest BCUT2D eigenvalue weighted by Crippen LogP contribution is -2.43. The number of aromatic nitrogens is 4. The minimum atomic E-state index is 0.410. The van der Waals surface area contributed by atoms with Gasteiger partial charge in [0, 0.05) is 25.4 Å². The van der Waals surface area contributed by atoms with Gasteiger partial charge in [-0.15, -0.1) is 0 Å². The summed E-state index contributed by atoms with van der Waals surface area (Å²) in [5, 5.41) is 4.29. The van der Waals surface area contributed by atoms with E-state index in [1.807, 2.05) is 11.4 Å². The summed E-state index contributed by atoms with van der Waals surface area (Å²) >= 11 is 0. The summed E-state index contributed by atoms with van der Waals surface area (Å²) in [4.78, 5) is 11.0. The van der Waals surface area contributed by atoms with Crippen molar-refractivity contribution in [2.45, 2.75) is 32.2 Å². The minimum absolute atomic E-state index is 0.410. The Labute approximate surface area is 112 Å². The van der Waals surface area contributed by atoms with Crippen LogP contribution in [0.5, 0.6) is 0 Å². The van der Waals surface area contributed by atoms with Crippen molar-refractivity contribution in [1.82, 2.24) is 19.6 Å². The summed E-state index contributed by atoms with van der Waals surface area (Å²) in [7, 11) is 1.76. The average molecular weight is 261 g/mol. The van der Waals surface area contributed by atoms with Gasteiger partial charge >= 0.3 is 0 Å². The number of methoxy groups -OCH3 is 1. The van der Waals surface area contributed by atoms with E-state index in [9.17, 15) is 0 Å². The fourth-order valence-corrected chi connectivity index (χ4v) is 2.78. The molecule has 2 aromatic heterocycles. The molecular weight excluding hydrogens is 242 g/mol. The molecule has 0 saturated carbocycles. The minimum Gasteiger partial charge on any atom is -0.383 e. The van der Waals surface area contributed by atoms with E-state index in [1.54, 1.807) is 13.4 Å². The maximum absolute atomic E-state index is 5.35. The van der Waals surface area contributed by atoms with Crippen LogP contribution < -0.4 is 4.90 Å². The predicted molar refractivity (Wildman–Crippen MR) is 72.4 cm³/mol. The van der Waals surface area contributed by atoms with Gasteiger partial charge in [-0.2, -0.15) is 14.6 Å². The van der Waals surface area contributed by atoms with E-state index in [0.717, 1.165) is 31.1 Å². The van der Waals surface area contributed by atoms with Gasteiger partial charge in [0.05, 0.1) is 12.6 Å². The van der Waals surface area contributed by atoms with Crippen molar-refractivity contribution in [2.24, 2.45) is 0 Å². The molecule has 102 valence electrons. The fraction of sp³-hybridized carbons (Fsp3) is 0.615. The van der Waals surface area contributed by atoms with E-state index >= 15 is 0 Å². The first-order chi connectivity index (χ1) is 9.29. The van der Waals surface area contributed by atoms with E-state index in [1.165, 1.54) is 12.8 Å². The first-order valence-corrected chi connectivity index (χ1v) is 6.72. The van der Waals surface area contributed by atoms with Gasteiger partial charge in [0.15, 0.2) is 0 Å². The molecule has 1 aliphatic heterocycles. The van der Waals surface area contributed by atoms with Crippen LogP contribution in [0.25, 0.3) is 5.78 Å². The van der Waals surface area contributed by atoms with E-state index < -0.39 is 0 Å². The lowest BCUT2D eigenvalue weighted by atomic mass is 10.0. The third-order valence-electron chi connectivity index (χ3n) is 3.64. The first kappa shape index (κ1) is 12.3. The van der Waals surface area contributed by atoms with Crippen molar-refractivity contribution in [2.75, 3.05) is 25.2 Å². The Bertz CT molecular complexity index is 565. The second kappa shape index (κ2) is 5.13. The molecule has 6 heteroatoms. The van der Waals surface area contributed by atoms with Crippen LogP contribution in [-0.2, 0) is 4.74 Å². The van der Waals surface area contributed by atoms with Crippen LogP contribution in [0, 0.1) is 6.92 Å². The van der Waals surface area contributed by atoms with Crippen molar-refractivity contribution < 1.29 is 4.74 Å². The molecule has 1 fully saturated rings. The van der Waals surface area contributed by atoms with E-state index in [2.05, 4.69) is 26.0 Å². The van der Waals surface area contributed by atoms with Crippen LogP contribution in [0.3, 0.4) is 0 Å². The topological polar surface area (TPSA) is 55.5 Å². The van der Waals surface area contributed by atoms with Gasteiger partial charge in [-0.05, 0) is 26.2 Å². The summed E-state index contributed by atoms with van der Waals surface area (Å²) in [6.07, 6.45) is 5.18. The van der Waals surface area contributed by atoms with Crippen LogP contribution in [0.2, 0.25) is 0 Å². The highest BCUT2D eigenvalue weighted by Gasteiger charge is 2.25. The number of nitrogens with zero attached hydrogens (tertiary/aromatic N) is 5. The lowest BCUT2D eigenvalue weighted by Gasteiger charge is -2.36. The molecule has 19 heavy (non-hydrogen) atoms. The number of hydrogen-bond acceptors (Lipinski definition) is 5. The summed E-state index contributed by atoms with van der Waals surface area (Å²) in [6.45, 7) is 3.78. The van der Waals surface area contributed by atoms with E-state index in [4.69, 9.17) is 4.74 Å². The van der Waals surface area contributed by atoms with Gasteiger partial charge in [-0.3, -0.25) is 0 Å². The Morgan fingerprint density at radius 2 is 2.32 bits per heavy atom. The second-order valence-electron chi connectivity index (χ2n) is 5.03. The monoisotopic (exact) mass is 261 g/mol. The van der Waals surface area contributed by atoms with Crippen molar-refractivity contribution in [1.29, 1.82) is 0 Å². The highest BCUT2D eigenvalue weighted by atomic mass is 16.5.